The SMILES string of the molecule is NC(=O)[C@@H](C(=O)Nc1ccc(N2CCOCC2=O)cc1)N(CC1CCC1)CC1CC1. The number of carbonyl (C=O) groups excluding carboxylic acids is 3. The molecule has 0 unspecified atom stereocenters. The van der Waals surface area contributed by atoms with Crippen molar-refractivity contribution in [2.45, 2.75) is 38.1 Å². The van der Waals surface area contributed by atoms with Crippen molar-refractivity contribution in [3.05, 3.63) is 24.3 Å². The summed E-state index contributed by atoms with van der Waals surface area (Å²) in [6, 6.07) is 6.09. The summed E-state index contributed by atoms with van der Waals surface area (Å²) in [5, 5.41) is 2.84. The van der Waals surface area contributed by atoms with E-state index < -0.39 is 17.9 Å². The van der Waals surface area contributed by atoms with E-state index in [1.165, 1.54) is 6.42 Å². The van der Waals surface area contributed by atoms with Gasteiger partial charge in [0.2, 0.25) is 5.91 Å². The Morgan fingerprint density at radius 2 is 1.80 bits per heavy atom. The number of nitrogens with zero attached hydrogens (tertiary/aromatic N) is 2. The lowest BCUT2D eigenvalue weighted by Gasteiger charge is -2.35. The number of anilines is 2. The quantitative estimate of drug-likeness (QED) is 0.594. The fourth-order valence-electron chi connectivity index (χ4n) is 4.13. The van der Waals surface area contributed by atoms with Crippen molar-refractivity contribution >= 4 is 29.1 Å². The minimum Gasteiger partial charge on any atom is -0.370 e. The van der Waals surface area contributed by atoms with E-state index in [1.807, 2.05) is 4.90 Å². The minimum atomic E-state index is -0.966. The second-order valence-corrected chi connectivity index (χ2v) is 8.63. The first-order valence-corrected chi connectivity index (χ1v) is 10.8. The molecule has 1 heterocycles. The Kier molecular flexibility index (Phi) is 6.34. The summed E-state index contributed by atoms with van der Waals surface area (Å²) >= 11 is 0. The third-order valence-corrected chi connectivity index (χ3v) is 6.22. The van der Waals surface area contributed by atoms with Crippen LogP contribution in [0.2, 0.25) is 0 Å². The predicted octanol–water partition coefficient (Wildman–Crippen LogP) is 1.35. The van der Waals surface area contributed by atoms with Gasteiger partial charge in [-0.3, -0.25) is 19.3 Å². The maximum Gasteiger partial charge on any atom is 0.253 e. The molecule has 0 spiro atoms. The molecule has 0 radical (unpaired) electrons. The van der Waals surface area contributed by atoms with Gasteiger partial charge in [-0.1, -0.05) is 6.42 Å². The number of benzene rings is 1. The van der Waals surface area contributed by atoms with Crippen LogP contribution in [-0.4, -0.2) is 61.5 Å². The van der Waals surface area contributed by atoms with Crippen molar-refractivity contribution in [2.75, 3.05) is 43.1 Å². The maximum atomic E-state index is 13.0. The van der Waals surface area contributed by atoms with Gasteiger partial charge in [-0.15, -0.1) is 0 Å². The summed E-state index contributed by atoms with van der Waals surface area (Å²) in [7, 11) is 0. The third kappa shape index (κ3) is 4.99. The van der Waals surface area contributed by atoms with Gasteiger partial charge in [0.1, 0.15) is 6.61 Å². The topological polar surface area (TPSA) is 105 Å². The molecule has 1 saturated heterocycles. The van der Waals surface area contributed by atoms with Gasteiger partial charge in [0.25, 0.3) is 11.8 Å². The zero-order valence-electron chi connectivity index (χ0n) is 17.2. The van der Waals surface area contributed by atoms with Crippen LogP contribution in [0.3, 0.4) is 0 Å². The highest BCUT2D eigenvalue weighted by Crippen LogP contribution is 2.33. The molecule has 162 valence electrons. The highest BCUT2D eigenvalue weighted by atomic mass is 16.5. The molecule has 2 saturated carbocycles. The van der Waals surface area contributed by atoms with Gasteiger partial charge in [-0.25, -0.2) is 0 Å². The number of amides is 3. The molecule has 1 atom stereocenters. The minimum absolute atomic E-state index is 0.0800. The van der Waals surface area contributed by atoms with Gasteiger partial charge in [0, 0.05) is 31.0 Å². The molecular formula is C22H30N4O4. The smallest absolute Gasteiger partial charge is 0.253 e. The summed E-state index contributed by atoms with van der Waals surface area (Å²) in [4.78, 5) is 40.8. The molecular weight excluding hydrogens is 384 g/mol. The molecule has 3 amide bonds. The van der Waals surface area contributed by atoms with E-state index in [2.05, 4.69) is 5.32 Å². The van der Waals surface area contributed by atoms with Crippen molar-refractivity contribution in [1.82, 2.24) is 4.90 Å². The van der Waals surface area contributed by atoms with Crippen LogP contribution in [0.5, 0.6) is 0 Å². The summed E-state index contributed by atoms with van der Waals surface area (Å²) in [5.41, 5.74) is 7.00. The second kappa shape index (κ2) is 9.14. The van der Waals surface area contributed by atoms with Crippen molar-refractivity contribution < 1.29 is 19.1 Å². The highest BCUT2D eigenvalue weighted by molar-refractivity contribution is 6.09. The molecule has 30 heavy (non-hydrogen) atoms. The number of primary amides is 1. The second-order valence-electron chi connectivity index (χ2n) is 8.63. The summed E-state index contributed by atoms with van der Waals surface area (Å²) in [6.07, 6.45) is 5.81. The van der Waals surface area contributed by atoms with E-state index in [-0.39, 0.29) is 12.5 Å². The summed E-state index contributed by atoms with van der Waals surface area (Å²) in [6.45, 7) is 2.58. The number of carbonyl (C=O) groups is 3. The average molecular weight is 415 g/mol. The average Bonchev–Trinajstić information content (AvgIpc) is 3.49. The van der Waals surface area contributed by atoms with Crippen LogP contribution < -0.4 is 16.0 Å². The van der Waals surface area contributed by atoms with Gasteiger partial charge in [-0.2, -0.15) is 0 Å². The van der Waals surface area contributed by atoms with E-state index in [0.29, 0.717) is 30.7 Å². The number of hydrogen-bond donors (Lipinski definition) is 2. The molecule has 4 rings (SSSR count). The third-order valence-electron chi connectivity index (χ3n) is 6.22. The molecule has 3 aliphatic rings. The Morgan fingerprint density at radius 3 is 2.33 bits per heavy atom. The Bertz CT molecular complexity index is 789. The molecule has 3 fully saturated rings. The number of hydrogen-bond acceptors (Lipinski definition) is 5. The van der Waals surface area contributed by atoms with E-state index in [1.54, 1.807) is 29.2 Å². The standard InChI is InChI=1S/C22H30N4O4/c23-21(28)20(25(13-16-4-5-16)12-15-2-1-3-15)22(29)24-17-6-8-18(9-7-17)26-10-11-30-14-19(26)27/h6-9,15-16,20H,1-5,10-14H2,(H2,23,28)(H,24,29)/t20-/m0/s1. The van der Waals surface area contributed by atoms with Gasteiger partial charge in [0.05, 0.1) is 6.61 Å². The van der Waals surface area contributed by atoms with Crippen molar-refractivity contribution in [2.24, 2.45) is 17.6 Å². The van der Waals surface area contributed by atoms with Crippen LogP contribution in [0.25, 0.3) is 0 Å². The van der Waals surface area contributed by atoms with E-state index in [9.17, 15) is 14.4 Å². The lowest BCUT2D eigenvalue weighted by Crippen LogP contribution is -2.54. The predicted molar refractivity (Wildman–Crippen MR) is 113 cm³/mol. The summed E-state index contributed by atoms with van der Waals surface area (Å²) < 4.78 is 5.16. The number of ether oxygens (including phenoxy) is 1. The molecule has 8 heteroatoms. The van der Waals surface area contributed by atoms with Gasteiger partial charge >= 0.3 is 0 Å². The zero-order valence-corrected chi connectivity index (χ0v) is 17.2. The molecule has 0 bridgehead atoms. The largest absolute Gasteiger partial charge is 0.370 e. The van der Waals surface area contributed by atoms with Crippen LogP contribution in [0, 0.1) is 11.8 Å². The van der Waals surface area contributed by atoms with Gasteiger partial charge in [0.15, 0.2) is 6.04 Å². The van der Waals surface area contributed by atoms with Gasteiger partial charge in [-0.05, 0) is 61.8 Å². The van der Waals surface area contributed by atoms with Crippen LogP contribution in [-0.2, 0) is 19.1 Å². The van der Waals surface area contributed by atoms with E-state index in [0.717, 1.165) is 44.5 Å². The van der Waals surface area contributed by atoms with Crippen LogP contribution in [0.1, 0.15) is 32.1 Å². The first kappa shape index (κ1) is 20.8. The molecule has 8 nitrogen and oxygen atoms in total. The van der Waals surface area contributed by atoms with E-state index >= 15 is 0 Å². The monoisotopic (exact) mass is 414 g/mol. The number of morpholine rings is 1. The molecule has 0 aromatic heterocycles. The Labute approximate surface area is 176 Å². The fourth-order valence-corrected chi connectivity index (χ4v) is 4.13. The van der Waals surface area contributed by atoms with Crippen molar-refractivity contribution in [3.8, 4) is 0 Å². The Morgan fingerprint density at radius 1 is 1.13 bits per heavy atom. The lowest BCUT2D eigenvalue weighted by atomic mass is 9.84. The zero-order chi connectivity index (χ0) is 21.1. The van der Waals surface area contributed by atoms with Crippen molar-refractivity contribution in [3.63, 3.8) is 0 Å². The number of rotatable bonds is 9. The van der Waals surface area contributed by atoms with Crippen LogP contribution in [0.4, 0.5) is 11.4 Å². The molecule has 3 N–H and O–H groups in total. The first-order chi connectivity index (χ1) is 14.5. The van der Waals surface area contributed by atoms with Crippen LogP contribution >= 0.6 is 0 Å². The van der Waals surface area contributed by atoms with E-state index in [4.69, 9.17) is 10.5 Å². The Hall–Kier alpha value is -2.45. The summed E-state index contributed by atoms with van der Waals surface area (Å²) in [5.74, 6) is 0.0213. The maximum absolute atomic E-state index is 13.0. The normalized spacial score (nSPS) is 20.7. The Balaban J connectivity index is 1.42. The number of nitrogens with two attached hydrogens (primary N) is 1. The molecule has 1 aromatic rings. The van der Waals surface area contributed by atoms with Crippen molar-refractivity contribution in [1.29, 1.82) is 0 Å². The fraction of sp³-hybridized carbons (Fsp3) is 0.591. The van der Waals surface area contributed by atoms with Crippen LogP contribution in [0.15, 0.2) is 24.3 Å². The number of nitrogens with one attached hydrogen (secondary N) is 1. The first-order valence-electron chi connectivity index (χ1n) is 10.8. The highest BCUT2D eigenvalue weighted by Gasteiger charge is 2.37. The molecule has 2 aliphatic carbocycles. The molecule has 1 aromatic carbocycles. The van der Waals surface area contributed by atoms with Gasteiger partial charge < -0.3 is 20.7 Å². The molecule has 1 aliphatic heterocycles. The lowest BCUT2D eigenvalue weighted by molar-refractivity contribution is -0.133.